The van der Waals surface area contributed by atoms with Gasteiger partial charge in [0.1, 0.15) is 0 Å². The van der Waals surface area contributed by atoms with Crippen molar-refractivity contribution in [3.63, 3.8) is 0 Å². The summed E-state index contributed by atoms with van der Waals surface area (Å²) in [6, 6.07) is 10.1. The maximum atomic E-state index is 3.11. The van der Waals surface area contributed by atoms with Crippen molar-refractivity contribution >= 4 is 21.6 Å². The average Bonchev–Trinajstić information content (AvgIpc) is 2.13. The van der Waals surface area contributed by atoms with Gasteiger partial charge >= 0.3 is 0 Å². The summed E-state index contributed by atoms with van der Waals surface area (Å²) in [5, 5.41) is 3.09. The molecule has 74 valence electrons. The summed E-state index contributed by atoms with van der Waals surface area (Å²) in [6.07, 6.45) is 0. The Morgan fingerprint density at radius 2 is 1.71 bits per heavy atom. The molecule has 1 rings (SSSR count). The maximum Gasteiger partial charge on any atom is 0.0254 e. The van der Waals surface area contributed by atoms with Crippen LogP contribution >= 0.6 is 21.6 Å². The molecule has 0 unspecified atom stereocenters. The van der Waals surface area contributed by atoms with Gasteiger partial charge in [-0.2, -0.15) is 0 Å². The molecule has 0 amide bonds. The van der Waals surface area contributed by atoms with Gasteiger partial charge in [-0.1, -0.05) is 55.7 Å². The minimum atomic E-state index is 0.274. The zero-order valence-electron chi connectivity index (χ0n) is 8.70. The molecule has 1 aromatic rings. The second kappa shape index (κ2) is 5.38. The van der Waals surface area contributed by atoms with Crippen molar-refractivity contribution in [1.82, 2.24) is 0 Å². The molecular formula is C12H14S2. The Morgan fingerprint density at radius 1 is 1.07 bits per heavy atom. The first-order valence-corrected chi connectivity index (χ1v) is 6.64. The van der Waals surface area contributed by atoms with Crippen LogP contribution in [0.3, 0.4) is 0 Å². The molecule has 0 N–H and O–H groups in total. The highest BCUT2D eigenvalue weighted by Gasteiger charge is 2.09. The summed E-state index contributed by atoms with van der Waals surface area (Å²) in [7, 11) is 3.41. The van der Waals surface area contributed by atoms with E-state index in [0.717, 1.165) is 5.56 Å². The molecule has 0 nitrogen and oxygen atoms in total. The number of rotatable bonds is 1. The Morgan fingerprint density at radius 3 is 2.29 bits per heavy atom. The summed E-state index contributed by atoms with van der Waals surface area (Å²) >= 11 is 0. The van der Waals surface area contributed by atoms with E-state index in [1.807, 2.05) is 30.3 Å². The summed E-state index contributed by atoms with van der Waals surface area (Å²) in [5.41, 5.74) is 1.08. The van der Waals surface area contributed by atoms with Crippen LogP contribution in [-0.2, 0) is 0 Å². The van der Waals surface area contributed by atoms with E-state index in [1.165, 1.54) is 0 Å². The summed E-state index contributed by atoms with van der Waals surface area (Å²) in [4.78, 5) is 0. The van der Waals surface area contributed by atoms with Gasteiger partial charge in [0.05, 0.1) is 0 Å². The van der Waals surface area contributed by atoms with Crippen molar-refractivity contribution in [3.8, 4) is 11.2 Å². The SMILES string of the molecule is CC(C)(C)SSC#Cc1ccccc1. The summed E-state index contributed by atoms with van der Waals surface area (Å²) in [6.45, 7) is 6.57. The van der Waals surface area contributed by atoms with Crippen molar-refractivity contribution < 1.29 is 0 Å². The molecular weight excluding hydrogens is 208 g/mol. The standard InChI is InChI=1S/C12H14S2/c1-12(2,3)14-13-10-9-11-7-5-4-6-8-11/h4-8H,1-3H3. The first-order chi connectivity index (χ1) is 6.58. The first kappa shape index (κ1) is 11.6. The van der Waals surface area contributed by atoms with Gasteiger partial charge in [0.2, 0.25) is 0 Å². The Bertz CT molecular complexity index is 325. The quantitative estimate of drug-likeness (QED) is 0.516. The lowest BCUT2D eigenvalue weighted by Gasteiger charge is -2.13. The van der Waals surface area contributed by atoms with Crippen LogP contribution in [0.5, 0.6) is 0 Å². The minimum absolute atomic E-state index is 0.274. The van der Waals surface area contributed by atoms with Crippen LogP contribution in [0.1, 0.15) is 26.3 Å². The van der Waals surface area contributed by atoms with Gasteiger partial charge in [0.15, 0.2) is 0 Å². The zero-order chi connectivity index (χ0) is 10.4. The van der Waals surface area contributed by atoms with E-state index in [-0.39, 0.29) is 4.75 Å². The van der Waals surface area contributed by atoms with Gasteiger partial charge in [-0.3, -0.25) is 0 Å². The van der Waals surface area contributed by atoms with E-state index >= 15 is 0 Å². The topological polar surface area (TPSA) is 0 Å². The lowest BCUT2D eigenvalue weighted by Crippen LogP contribution is -2.03. The molecule has 0 saturated carbocycles. The fourth-order valence-corrected chi connectivity index (χ4v) is 2.20. The lowest BCUT2D eigenvalue weighted by atomic mass is 10.2. The maximum absolute atomic E-state index is 3.11. The highest BCUT2D eigenvalue weighted by Crippen LogP contribution is 2.34. The fraction of sp³-hybridized carbons (Fsp3) is 0.333. The van der Waals surface area contributed by atoms with Crippen molar-refractivity contribution in [2.24, 2.45) is 0 Å². The van der Waals surface area contributed by atoms with E-state index in [9.17, 15) is 0 Å². The Kier molecular flexibility index (Phi) is 4.44. The Balaban J connectivity index is 2.42. The van der Waals surface area contributed by atoms with Crippen molar-refractivity contribution in [2.45, 2.75) is 25.5 Å². The van der Waals surface area contributed by atoms with Gasteiger partial charge in [0, 0.05) is 10.3 Å². The highest BCUT2D eigenvalue weighted by atomic mass is 33.1. The molecule has 0 atom stereocenters. The molecule has 0 aliphatic heterocycles. The van der Waals surface area contributed by atoms with E-state index in [0.29, 0.717) is 0 Å². The van der Waals surface area contributed by atoms with Gasteiger partial charge in [0.25, 0.3) is 0 Å². The number of hydrogen-bond acceptors (Lipinski definition) is 2. The second-order valence-electron chi connectivity index (χ2n) is 3.87. The molecule has 14 heavy (non-hydrogen) atoms. The van der Waals surface area contributed by atoms with Gasteiger partial charge < -0.3 is 0 Å². The molecule has 0 aromatic heterocycles. The number of hydrogen-bond donors (Lipinski definition) is 0. The second-order valence-corrected chi connectivity index (χ2v) is 6.63. The largest absolute Gasteiger partial charge is 0.0745 e. The van der Waals surface area contributed by atoms with Crippen LogP contribution in [-0.4, -0.2) is 4.75 Å². The van der Waals surface area contributed by atoms with E-state index in [4.69, 9.17) is 0 Å². The van der Waals surface area contributed by atoms with Crippen LogP contribution < -0.4 is 0 Å². The van der Waals surface area contributed by atoms with Crippen molar-refractivity contribution in [2.75, 3.05) is 0 Å². The van der Waals surface area contributed by atoms with Crippen LogP contribution in [0.2, 0.25) is 0 Å². The minimum Gasteiger partial charge on any atom is -0.0745 e. The average molecular weight is 222 g/mol. The summed E-state index contributed by atoms with van der Waals surface area (Å²) in [5.74, 6) is 3.11. The zero-order valence-corrected chi connectivity index (χ0v) is 10.3. The monoisotopic (exact) mass is 222 g/mol. The van der Waals surface area contributed by atoms with E-state index in [1.54, 1.807) is 21.6 Å². The Hall–Kier alpha value is -0.520. The molecule has 0 saturated heterocycles. The smallest absolute Gasteiger partial charge is 0.0254 e. The molecule has 0 fully saturated rings. The van der Waals surface area contributed by atoms with Crippen LogP contribution in [0, 0.1) is 11.2 Å². The van der Waals surface area contributed by atoms with E-state index < -0.39 is 0 Å². The van der Waals surface area contributed by atoms with Crippen molar-refractivity contribution in [3.05, 3.63) is 35.9 Å². The first-order valence-electron chi connectivity index (χ1n) is 4.49. The highest BCUT2D eigenvalue weighted by molar-refractivity contribution is 8.79. The lowest BCUT2D eigenvalue weighted by molar-refractivity contribution is 0.810. The molecule has 0 heterocycles. The normalized spacial score (nSPS) is 10.5. The predicted octanol–water partition coefficient (Wildman–Crippen LogP) is 4.18. The van der Waals surface area contributed by atoms with Crippen LogP contribution in [0.25, 0.3) is 0 Å². The van der Waals surface area contributed by atoms with Crippen molar-refractivity contribution in [1.29, 1.82) is 0 Å². The molecule has 0 radical (unpaired) electrons. The molecule has 1 aromatic carbocycles. The predicted molar refractivity (Wildman–Crippen MR) is 68.3 cm³/mol. The fourth-order valence-electron chi connectivity index (χ4n) is 0.747. The third-order valence-electron chi connectivity index (χ3n) is 1.30. The van der Waals surface area contributed by atoms with E-state index in [2.05, 4.69) is 31.9 Å². The van der Waals surface area contributed by atoms with Gasteiger partial charge in [-0.05, 0) is 28.2 Å². The molecule has 0 spiro atoms. The molecule has 0 aliphatic rings. The third-order valence-corrected chi connectivity index (χ3v) is 4.07. The Labute approximate surface area is 94.3 Å². The molecule has 0 aliphatic carbocycles. The van der Waals surface area contributed by atoms with Crippen LogP contribution in [0.15, 0.2) is 30.3 Å². The van der Waals surface area contributed by atoms with Crippen LogP contribution in [0.4, 0.5) is 0 Å². The van der Waals surface area contributed by atoms with Gasteiger partial charge in [-0.25, -0.2) is 0 Å². The molecule has 0 bridgehead atoms. The van der Waals surface area contributed by atoms with Gasteiger partial charge in [-0.15, -0.1) is 0 Å². The number of benzene rings is 1. The summed E-state index contributed by atoms with van der Waals surface area (Å²) < 4.78 is 0.274. The third kappa shape index (κ3) is 5.26. The molecule has 2 heteroatoms.